The molecule has 5 heteroatoms. The van der Waals surface area contributed by atoms with Gasteiger partial charge in [0.2, 0.25) is 0 Å². The molecule has 0 N–H and O–H groups in total. The van der Waals surface area contributed by atoms with Crippen LogP contribution >= 0.6 is 11.6 Å². The van der Waals surface area contributed by atoms with Gasteiger partial charge < -0.3 is 0 Å². The van der Waals surface area contributed by atoms with Crippen LogP contribution in [0.1, 0.15) is 17.5 Å². The summed E-state index contributed by atoms with van der Waals surface area (Å²) in [6.07, 6.45) is -0.911. The summed E-state index contributed by atoms with van der Waals surface area (Å²) in [5.74, 6) is -8.06. The lowest BCUT2D eigenvalue weighted by Crippen LogP contribution is -2.42. The van der Waals surface area contributed by atoms with Crippen LogP contribution in [0.5, 0.6) is 0 Å². The Kier molecular flexibility index (Phi) is 2.23. The first-order chi connectivity index (χ1) is 6.84. The van der Waals surface area contributed by atoms with Crippen LogP contribution in [0.25, 0.3) is 0 Å². The van der Waals surface area contributed by atoms with Crippen molar-refractivity contribution in [1.29, 1.82) is 0 Å². The molecule has 0 unspecified atom stereocenters. The minimum absolute atomic E-state index is 0.0709. The first-order valence-corrected chi connectivity index (χ1v) is 4.77. The Morgan fingerprint density at radius 1 is 1.13 bits per heavy atom. The van der Waals surface area contributed by atoms with Crippen molar-refractivity contribution in [2.45, 2.75) is 24.7 Å². The minimum Gasteiger partial charge on any atom is -0.199 e. The molecule has 0 aliphatic heterocycles. The Balaban J connectivity index is 2.58. The molecule has 1 aliphatic rings. The van der Waals surface area contributed by atoms with Crippen LogP contribution in [0.4, 0.5) is 17.6 Å². The highest BCUT2D eigenvalue weighted by atomic mass is 35.5. The van der Waals surface area contributed by atoms with Gasteiger partial charge in [-0.25, -0.2) is 0 Å². The summed E-state index contributed by atoms with van der Waals surface area (Å²) in [5.41, 5.74) is -0.401. The molecule has 0 saturated heterocycles. The van der Waals surface area contributed by atoms with Gasteiger partial charge in [0.1, 0.15) is 0 Å². The van der Waals surface area contributed by atoms with E-state index in [0.29, 0.717) is 0 Å². The Bertz CT molecular complexity index is 400. The molecule has 0 atom stereocenters. The maximum atomic E-state index is 13.3. The Hall–Kier alpha value is -0.770. The van der Waals surface area contributed by atoms with Crippen LogP contribution in [0.3, 0.4) is 0 Å². The number of alkyl halides is 4. The SMILES string of the molecule is FC1(F)CCc2cc(Cl)ccc2C1(F)F. The summed E-state index contributed by atoms with van der Waals surface area (Å²) in [5, 5.41) is 0.287. The van der Waals surface area contributed by atoms with E-state index in [0.717, 1.165) is 6.07 Å². The van der Waals surface area contributed by atoms with Crippen molar-refractivity contribution in [3.05, 3.63) is 34.3 Å². The summed E-state index contributed by atoms with van der Waals surface area (Å²) < 4.78 is 52.6. The summed E-state index contributed by atoms with van der Waals surface area (Å²) in [6.45, 7) is 0. The fourth-order valence-electron chi connectivity index (χ4n) is 1.72. The van der Waals surface area contributed by atoms with Gasteiger partial charge in [0.15, 0.2) is 0 Å². The molecule has 1 aliphatic carbocycles. The third-order valence-electron chi connectivity index (χ3n) is 2.57. The Morgan fingerprint density at radius 2 is 1.80 bits per heavy atom. The second-order valence-corrected chi connectivity index (χ2v) is 4.02. The molecular weight excluding hydrogens is 232 g/mol. The maximum absolute atomic E-state index is 13.3. The normalized spacial score (nSPS) is 22.2. The number of rotatable bonds is 0. The number of benzene rings is 1. The maximum Gasteiger partial charge on any atom is 0.335 e. The number of hydrogen-bond donors (Lipinski definition) is 0. The second kappa shape index (κ2) is 3.11. The van der Waals surface area contributed by atoms with Gasteiger partial charge in [0.05, 0.1) is 0 Å². The smallest absolute Gasteiger partial charge is 0.199 e. The first kappa shape index (κ1) is 10.7. The molecule has 0 aromatic heterocycles. The highest BCUT2D eigenvalue weighted by Crippen LogP contribution is 2.50. The fraction of sp³-hybridized carbons (Fsp3) is 0.400. The molecule has 1 aromatic rings. The minimum atomic E-state index is -4.09. The van der Waals surface area contributed by atoms with E-state index >= 15 is 0 Å². The molecule has 0 nitrogen and oxygen atoms in total. The predicted octanol–water partition coefficient (Wildman–Crippen LogP) is 4.01. The Morgan fingerprint density at radius 3 is 2.47 bits per heavy atom. The monoisotopic (exact) mass is 238 g/mol. The van der Waals surface area contributed by atoms with Crippen molar-refractivity contribution in [3.63, 3.8) is 0 Å². The first-order valence-electron chi connectivity index (χ1n) is 4.39. The largest absolute Gasteiger partial charge is 0.335 e. The summed E-state index contributed by atoms with van der Waals surface area (Å²) in [7, 11) is 0. The highest BCUT2D eigenvalue weighted by molar-refractivity contribution is 6.30. The quantitative estimate of drug-likeness (QED) is 0.599. The number of halogens is 5. The molecule has 1 aromatic carbocycles. The van der Waals surface area contributed by atoms with Crippen LogP contribution in [0.2, 0.25) is 5.02 Å². The van der Waals surface area contributed by atoms with E-state index in [-0.39, 0.29) is 17.0 Å². The molecule has 0 fully saturated rings. The van der Waals surface area contributed by atoms with Gasteiger partial charge in [-0.2, -0.15) is 17.6 Å². The average Bonchev–Trinajstić information content (AvgIpc) is 2.12. The molecule has 0 heterocycles. The Labute approximate surface area is 88.9 Å². The zero-order valence-electron chi connectivity index (χ0n) is 7.54. The van der Waals surface area contributed by atoms with Crippen molar-refractivity contribution in [2.75, 3.05) is 0 Å². The van der Waals surface area contributed by atoms with Crippen LogP contribution in [-0.4, -0.2) is 5.92 Å². The predicted molar refractivity (Wildman–Crippen MR) is 48.6 cm³/mol. The van der Waals surface area contributed by atoms with Crippen LogP contribution in [-0.2, 0) is 12.3 Å². The van der Waals surface area contributed by atoms with Gasteiger partial charge in [0.25, 0.3) is 0 Å². The van der Waals surface area contributed by atoms with E-state index in [2.05, 4.69) is 0 Å². The van der Waals surface area contributed by atoms with Crippen molar-refractivity contribution in [1.82, 2.24) is 0 Å². The highest BCUT2D eigenvalue weighted by Gasteiger charge is 2.59. The molecule has 2 rings (SSSR count). The summed E-state index contributed by atoms with van der Waals surface area (Å²) >= 11 is 5.61. The van der Waals surface area contributed by atoms with Crippen molar-refractivity contribution >= 4 is 11.6 Å². The zero-order valence-corrected chi connectivity index (χ0v) is 8.29. The number of fused-ring (bicyclic) bond motifs is 1. The van der Waals surface area contributed by atoms with E-state index in [9.17, 15) is 17.6 Å². The number of hydrogen-bond acceptors (Lipinski definition) is 0. The molecule has 0 saturated carbocycles. The van der Waals surface area contributed by atoms with Gasteiger partial charge in [0, 0.05) is 17.0 Å². The average molecular weight is 239 g/mol. The molecule has 15 heavy (non-hydrogen) atoms. The molecule has 82 valence electrons. The van der Waals surface area contributed by atoms with Gasteiger partial charge in [-0.1, -0.05) is 17.7 Å². The van der Waals surface area contributed by atoms with Gasteiger partial charge in [-0.05, 0) is 24.1 Å². The van der Waals surface area contributed by atoms with Crippen LogP contribution < -0.4 is 0 Å². The van der Waals surface area contributed by atoms with Crippen molar-refractivity contribution in [3.8, 4) is 0 Å². The third-order valence-corrected chi connectivity index (χ3v) is 2.81. The standard InChI is InChI=1S/C10H7ClF4/c11-7-1-2-8-6(5-7)3-4-9(12,13)10(8,14)15/h1-2,5H,3-4H2. The van der Waals surface area contributed by atoms with Gasteiger partial charge in [-0.15, -0.1) is 0 Å². The fourth-order valence-corrected chi connectivity index (χ4v) is 1.92. The topological polar surface area (TPSA) is 0 Å². The molecule has 0 bridgehead atoms. The lowest BCUT2D eigenvalue weighted by molar-refractivity contribution is -0.224. The summed E-state index contributed by atoms with van der Waals surface area (Å²) in [6, 6.07) is 3.50. The second-order valence-electron chi connectivity index (χ2n) is 3.58. The molecule has 0 radical (unpaired) electrons. The van der Waals surface area contributed by atoms with Crippen molar-refractivity contribution in [2.24, 2.45) is 0 Å². The van der Waals surface area contributed by atoms with Crippen molar-refractivity contribution < 1.29 is 17.6 Å². The molecule has 0 amide bonds. The number of aryl methyl sites for hydroxylation is 1. The van der Waals surface area contributed by atoms with Crippen LogP contribution in [0, 0.1) is 0 Å². The zero-order chi connectivity index (χ0) is 11.3. The summed E-state index contributed by atoms with van der Waals surface area (Å²) in [4.78, 5) is 0. The van der Waals surface area contributed by atoms with Crippen LogP contribution in [0.15, 0.2) is 18.2 Å². The van der Waals surface area contributed by atoms with Gasteiger partial charge in [-0.3, -0.25) is 0 Å². The van der Waals surface area contributed by atoms with E-state index in [4.69, 9.17) is 11.6 Å². The molecule has 0 spiro atoms. The van der Waals surface area contributed by atoms with E-state index in [1.807, 2.05) is 0 Å². The lowest BCUT2D eigenvalue weighted by Gasteiger charge is -2.32. The van der Waals surface area contributed by atoms with Gasteiger partial charge >= 0.3 is 11.8 Å². The van der Waals surface area contributed by atoms with E-state index in [1.54, 1.807) is 0 Å². The molecular formula is C10H7ClF4. The van der Waals surface area contributed by atoms with E-state index < -0.39 is 23.8 Å². The van der Waals surface area contributed by atoms with E-state index in [1.165, 1.54) is 12.1 Å². The third kappa shape index (κ3) is 1.51. The lowest BCUT2D eigenvalue weighted by atomic mass is 9.86.